The number of nitrogens with one attached hydrogen (secondary N) is 1. The fourth-order valence-corrected chi connectivity index (χ4v) is 3.99. The van der Waals surface area contributed by atoms with Gasteiger partial charge in [0.15, 0.2) is 0 Å². The summed E-state index contributed by atoms with van der Waals surface area (Å²) in [5, 5.41) is 3.85. The van der Waals surface area contributed by atoms with Crippen molar-refractivity contribution in [3.8, 4) is 0 Å². The maximum Gasteiger partial charge on any atom is 0.0697 e. The Bertz CT molecular complexity index is 270. The van der Waals surface area contributed by atoms with Gasteiger partial charge in [-0.05, 0) is 44.9 Å². The van der Waals surface area contributed by atoms with E-state index in [0.29, 0.717) is 18.0 Å². The molecule has 0 radical (unpaired) electrons. The van der Waals surface area contributed by atoms with Crippen LogP contribution in [0.1, 0.15) is 51.9 Å². The average Bonchev–Trinajstić information content (AvgIpc) is 3.01. The quantitative estimate of drug-likeness (QED) is 0.838. The molecule has 1 spiro atoms. The number of ether oxygens (including phenoxy) is 2. The standard InChI is InChI=1S/C15H27NO2/c1-12(13-4-8-17-11-13)16-14-5-9-18-15(10-14)6-2-3-7-15/h12-14,16H,2-11H2,1H3. The van der Waals surface area contributed by atoms with E-state index in [1.54, 1.807) is 0 Å². The highest BCUT2D eigenvalue weighted by molar-refractivity contribution is 4.94. The van der Waals surface area contributed by atoms with E-state index in [0.717, 1.165) is 19.8 Å². The normalized spacial score (nSPS) is 37.2. The van der Waals surface area contributed by atoms with Crippen molar-refractivity contribution in [3.05, 3.63) is 0 Å². The molecule has 2 heterocycles. The Morgan fingerprint density at radius 3 is 2.72 bits per heavy atom. The molecule has 3 nitrogen and oxygen atoms in total. The van der Waals surface area contributed by atoms with Crippen LogP contribution in [-0.4, -0.2) is 37.5 Å². The van der Waals surface area contributed by atoms with Crippen LogP contribution >= 0.6 is 0 Å². The van der Waals surface area contributed by atoms with E-state index in [2.05, 4.69) is 12.2 Å². The highest BCUT2D eigenvalue weighted by Gasteiger charge is 2.40. The van der Waals surface area contributed by atoms with E-state index in [9.17, 15) is 0 Å². The molecule has 1 N–H and O–H groups in total. The largest absolute Gasteiger partial charge is 0.381 e. The third kappa shape index (κ3) is 2.73. The van der Waals surface area contributed by atoms with Gasteiger partial charge in [0.1, 0.15) is 0 Å². The van der Waals surface area contributed by atoms with E-state index in [-0.39, 0.29) is 5.60 Å². The predicted molar refractivity (Wildman–Crippen MR) is 71.7 cm³/mol. The first-order chi connectivity index (χ1) is 8.77. The molecule has 3 rings (SSSR count). The highest BCUT2D eigenvalue weighted by Crippen LogP contribution is 2.40. The van der Waals surface area contributed by atoms with E-state index in [1.807, 2.05) is 0 Å². The van der Waals surface area contributed by atoms with Crippen LogP contribution in [0.4, 0.5) is 0 Å². The smallest absolute Gasteiger partial charge is 0.0697 e. The molecule has 0 amide bonds. The summed E-state index contributed by atoms with van der Waals surface area (Å²) in [4.78, 5) is 0. The molecule has 3 heteroatoms. The first-order valence-electron chi connectivity index (χ1n) is 7.75. The number of hydrogen-bond donors (Lipinski definition) is 1. The summed E-state index contributed by atoms with van der Waals surface area (Å²) in [6, 6.07) is 1.25. The first kappa shape index (κ1) is 12.9. The number of rotatable bonds is 3. The topological polar surface area (TPSA) is 30.5 Å². The summed E-state index contributed by atoms with van der Waals surface area (Å²) in [7, 11) is 0. The fraction of sp³-hybridized carbons (Fsp3) is 1.00. The minimum atomic E-state index is 0.238. The molecule has 0 bridgehead atoms. The molecule has 1 aliphatic carbocycles. The van der Waals surface area contributed by atoms with Crippen LogP contribution in [0, 0.1) is 5.92 Å². The molecule has 104 valence electrons. The lowest BCUT2D eigenvalue weighted by molar-refractivity contribution is -0.0851. The molecule has 3 unspecified atom stereocenters. The molecule has 2 saturated heterocycles. The summed E-state index contributed by atoms with van der Waals surface area (Å²) in [6.45, 7) is 5.18. The zero-order chi connectivity index (χ0) is 12.4. The van der Waals surface area contributed by atoms with Crippen LogP contribution in [0.3, 0.4) is 0 Å². The Labute approximate surface area is 111 Å². The zero-order valence-corrected chi connectivity index (χ0v) is 11.6. The van der Waals surface area contributed by atoms with Crippen molar-refractivity contribution in [1.82, 2.24) is 5.32 Å². The monoisotopic (exact) mass is 253 g/mol. The van der Waals surface area contributed by atoms with Crippen LogP contribution in [-0.2, 0) is 9.47 Å². The molecule has 3 fully saturated rings. The molecule has 0 aromatic heterocycles. The summed E-state index contributed by atoms with van der Waals surface area (Å²) < 4.78 is 11.6. The average molecular weight is 253 g/mol. The van der Waals surface area contributed by atoms with Gasteiger partial charge in [-0.25, -0.2) is 0 Å². The zero-order valence-electron chi connectivity index (χ0n) is 11.6. The van der Waals surface area contributed by atoms with Gasteiger partial charge in [0.25, 0.3) is 0 Å². The molecular weight excluding hydrogens is 226 g/mol. The molecule has 0 aromatic rings. The predicted octanol–water partition coefficient (Wildman–Crippen LogP) is 2.49. The van der Waals surface area contributed by atoms with Gasteiger partial charge < -0.3 is 14.8 Å². The van der Waals surface area contributed by atoms with E-state index in [1.165, 1.54) is 44.9 Å². The van der Waals surface area contributed by atoms with Gasteiger partial charge in [-0.2, -0.15) is 0 Å². The minimum Gasteiger partial charge on any atom is -0.381 e. The van der Waals surface area contributed by atoms with Crippen molar-refractivity contribution < 1.29 is 9.47 Å². The van der Waals surface area contributed by atoms with E-state index >= 15 is 0 Å². The van der Waals surface area contributed by atoms with Gasteiger partial charge in [-0.15, -0.1) is 0 Å². The Kier molecular flexibility index (Phi) is 3.92. The Balaban J connectivity index is 1.52. The second-order valence-electron chi connectivity index (χ2n) is 6.51. The summed E-state index contributed by atoms with van der Waals surface area (Å²) in [5.74, 6) is 0.715. The lowest BCUT2D eigenvalue weighted by Crippen LogP contribution is -2.49. The fourth-order valence-electron chi connectivity index (χ4n) is 3.99. The van der Waals surface area contributed by atoms with Gasteiger partial charge in [0.05, 0.1) is 12.2 Å². The van der Waals surface area contributed by atoms with E-state index in [4.69, 9.17) is 9.47 Å². The lowest BCUT2D eigenvalue weighted by atomic mass is 9.88. The van der Waals surface area contributed by atoms with E-state index < -0.39 is 0 Å². The molecule has 1 saturated carbocycles. The van der Waals surface area contributed by atoms with Crippen LogP contribution in [0.25, 0.3) is 0 Å². The van der Waals surface area contributed by atoms with Crippen LogP contribution in [0.5, 0.6) is 0 Å². The molecule has 18 heavy (non-hydrogen) atoms. The maximum absolute atomic E-state index is 6.10. The van der Waals surface area contributed by atoms with Crippen molar-refractivity contribution in [2.75, 3.05) is 19.8 Å². The van der Waals surface area contributed by atoms with Gasteiger partial charge in [0, 0.05) is 25.3 Å². The molecule has 2 aliphatic heterocycles. The second-order valence-corrected chi connectivity index (χ2v) is 6.51. The molecule has 0 aromatic carbocycles. The lowest BCUT2D eigenvalue weighted by Gasteiger charge is -2.40. The van der Waals surface area contributed by atoms with Gasteiger partial charge in [0.2, 0.25) is 0 Å². The van der Waals surface area contributed by atoms with Gasteiger partial charge >= 0.3 is 0 Å². The van der Waals surface area contributed by atoms with Crippen molar-refractivity contribution in [1.29, 1.82) is 0 Å². The van der Waals surface area contributed by atoms with Crippen molar-refractivity contribution in [3.63, 3.8) is 0 Å². The van der Waals surface area contributed by atoms with Crippen LogP contribution in [0.2, 0.25) is 0 Å². The third-order valence-corrected chi connectivity index (χ3v) is 5.18. The SMILES string of the molecule is CC(NC1CCOC2(CCCC2)C1)C1CCOC1. The molecular formula is C15H27NO2. The Morgan fingerprint density at radius 2 is 2.00 bits per heavy atom. The Hall–Kier alpha value is -0.120. The summed E-state index contributed by atoms with van der Waals surface area (Å²) in [6.07, 6.45) is 8.92. The van der Waals surface area contributed by atoms with Crippen LogP contribution < -0.4 is 5.32 Å². The summed E-state index contributed by atoms with van der Waals surface area (Å²) >= 11 is 0. The summed E-state index contributed by atoms with van der Waals surface area (Å²) in [5.41, 5.74) is 0.238. The highest BCUT2D eigenvalue weighted by atomic mass is 16.5. The van der Waals surface area contributed by atoms with Crippen LogP contribution in [0.15, 0.2) is 0 Å². The first-order valence-corrected chi connectivity index (χ1v) is 7.75. The molecule has 3 atom stereocenters. The van der Waals surface area contributed by atoms with Gasteiger partial charge in [-0.3, -0.25) is 0 Å². The van der Waals surface area contributed by atoms with Crippen molar-refractivity contribution in [2.45, 2.75) is 69.6 Å². The molecule has 3 aliphatic rings. The second kappa shape index (κ2) is 5.48. The van der Waals surface area contributed by atoms with Crippen molar-refractivity contribution in [2.24, 2.45) is 5.92 Å². The van der Waals surface area contributed by atoms with Crippen molar-refractivity contribution >= 4 is 0 Å². The Morgan fingerprint density at radius 1 is 1.17 bits per heavy atom. The maximum atomic E-state index is 6.10. The van der Waals surface area contributed by atoms with Gasteiger partial charge in [-0.1, -0.05) is 12.8 Å². The minimum absolute atomic E-state index is 0.238. The third-order valence-electron chi connectivity index (χ3n) is 5.18. The number of hydrogen-bond acceptors (Lipinski definition) is 3.